The van der Waals surface area contributed by atoms with E-state index in [1.165, 1.54) is 15.8 Å². The summed E-state index contributed by atoms with van der Waals surface area (Å²) in [5, 5.41) is 1.67. The van der Waals surface area contributed by atoms with Crippen LogP contribution < -0.4 is 0 Å². The average molecular weight is 190 g/mol. The first kappa shape index (κ1) is 12.7. The number of allylic oxidation sites excluding steroid dienone is 4. The van der Waals surface area contributed by atoms with Crippen LogP contribution in [-0.2, 0) is 0 Å². The van der Waals surface area contributed by atoms with Gasteiger partial charge in [0.05, 0.1) is 0 Å². The van der Waals surface area contributed by atoms with Gasteiger partial charge in [-0.15, -0.1) is 0 Å². The van der Waals surface area contributed by atoms with Crippen molar-refractivity contribution in [2.45, 2.75) is 34.6 Å². The van der Waals surface area contributed by atoms with Crippen molar-refractivity contribution in [1.82, 2.24) is 0 Å². The minimum atomic E-state index is 0. The Bertz CT molecular complexity index is 233. The van der Waals surface area contributed by atoms with Crippen LogP contribution in [0.4, 0.5) is 0 Å². The van der Waals surface area contributed by atoms with Gasteiger partial charge in [0.1, 0.15) is 0 Å². The second kappa shape index (κ2) is 3.83. The van der Waals surface area contributed by atoms with E-state index in [2.05, 4.69) is 34.6 Å². The predicted octanol–water partition coefficient (Wildman–Crippen LogP) is 1.35. The zero-order chi connectivity index (χ0) is 8.81. The molecule has 0 nitrogen and oxygen atoms in total. The SMILES string of the molecule is CC1=C(C)C(C)(C)C([SiH3])=C1C.[NaH]. The quantitative estimate of drug-likeness (QED) is 0.506. The van der Waals surface area contributed by atoms with E-state index in [1.54, 1.807) is 16.3 Å². The summed E-state index contributed by atoms with van der Waals surface area (Å²) >= 11 is 0. The molecule has 0 aromatic rings. The second-order valence-electron chi connectivity index (χ2n) is 4.12. The van der Waals surface area contributed by atoms with Crippen molar-refractivity contribution in [3.63, 3.8) is 0 Å². The van der Waals surface area contributed by atoms with Gasteiger partial charge in [-0.05, 0) is 26.3 Å². The Balaban J connectivity index is 0.00000121. The van der Waals surface area contributed by atoms with E-state index in [9.17, 15) is 0 Å². The van der Waals surface area contributed by atoms with E-state index in [0.29, 0.717) is 5.41 Å². The van der Waals surface area contributed by atoms with E-state index in [4.69, 9.17) is 0 Å². The second-order valence-corrected chi connectivity index (χ2v) is 5.12. The first-order valence-electron chi connectivity index (χ1n) is 4.25. The van der Waals surface area contributed by atoms with Crippen LogP contribution in [0.2, 0.25) is 0 Å². The Kier molecular flexibility index (Phi) is 4.05. The molecule has 12 heavy (non-hydrogen) atoms. The third kappa shape index (κ3) is 1.65. The maximum absolute atomic E-state index is 2.34. The van der Waals surface area contributed by atoms with Crippen LogP contribution in [0.3, 0.4) is 0 Å². The molecule has 64 valence electrons. The maximum atomic E-state index is 2.34. The van der Waals surface area contributed by atoms with Gasteiger partial charge in [0.2, 0.25) is 0 Å². The molecule has 0 aliphatic heterocycles. The van der Waals surface area contributed by atoms with Gasteiger partial charge in [-0.2, -0.15) is 0 Å². The van der Waals surface area contributed by atoms with Crippen molar-refractivity contribution >= 4 is 39.8 Å². The average Bonchev–Trinajstić information content (AvgIpc) is 2.06. The molecule has 0 saturated carbocycles. The molecule has 0 spiro atoms. The number of rotatable bonds is 0. The third-order valence-corrected chi connectivity index (χ3v) is 5.56. The molecule has 0 N–H and O–H groups in total. The fourth-order valence-corrected chi connectivity index (χ4v) is 2.53. The molecule has 0 aromatic heterocycles. The molecule has 0 unspecified atom stereocenters. The minimum absolute atomic E-state index is 0. The molecular weight excluding hydrogens is 171 g/mol. The van der Waals surface area contributed by atoms with Crippen LogP contribution in [0, 0.1) is 5.41 Å². The summed E-state index contributed by atoms with van der Waals surface area (Å²) in [6.45, 7) is 11.5. The summed E-state index contributed by atoms with van der Waals surface area (Å²) < 4.78 is 0. The van der Waals surface area contributed by atoms with E-state index in [1.807, 2.05) is 0 Å². The molecule has 0 fully saturated rings. The Labute approximate surface area is 101 Å². The van der Waals surface area contributed by atoms with E-state index >= 15 is 0 Å². The van der Waals surface area contributed by atoms with Crippen LogP contribution in [0.15, 0.2) is 21.9 Å². The molecule has 0 saturated heterocycles. The van der Waals surface area contributed by atoms with Gasteiger partial charge >= 0.3 is 29.6 Å². The zero-order valence-electron chi connectivity index (χ0n) is 8.50. The van der Waals surface area contributed by atoms with Gasteiger partial charge in [-0.1, -0.05) is 30.2 Å². The van der Waals surface area contributed by atoms with Gasteiger partial charge in [0.15, 0.2) is 0 Å². The van der Waals surface area contributed by atoms with Crippen molar-refractivity contribution in [3.8, 4) is 0 Å². The Morgan fingerprint density at radius 1 is 1.00 bits per heavy atom. The summed E-state index contributed by atoms with van der Waals surface area (Å²) in [5.74, 6) is 0. The van der Waals surface area contributed by atoms with Crippen molar-refractivity contribution in [1.29, 1.82) is 0 Å². The number of hydrogen-bond donors (Lipinski definition) is 0. The van der Waals surface area contributed by atoms with Crippen molar-refractivity contribution in [3.05, 3.63) is 21.9 Å². The molecule has 1 aliphatic carbocycles. The molecule has 0 bridgehead atoms. The monoisotopic (exact) mass is 190 g/mol. The first-order chi connectivity index (χ1) is 4.89. The topological polar surface area (TPSA) is 0 Å². The molecule has 2 heteroatoms. The summed E-state index contributed by atoms with van der Waals surface area (Å²) in [6.07, 6.45) is 0. The van der Waals surface area contributed by atoms with E-state index in [0.717, 1.165) is 0 Å². The Morgan fingerprint density at radius 3 is 1.50 bits per heavy atom. The Hall–Kier alpha value is 0.697. The summed E-state index contributed by atoms with van der Waals surface area (Å²) in [6, 6.07) is 0. The van der Waals surface area contributed by atoms with Crippen LogP contribution in [0.1, 0.15) is 34.6 Å². The van der Waals surface area contributed by atoms with Crippen molar-refractivity contribution < 1.29 is 0 Å². The molecular formula is C10H19NaSi. The molecule has 1 rings (SSSR count). The van der Waals surface area contributed by atoms with Crippen LogP contribution >= 0.6 is 0 Å². The fourth-order valence-electron chi connectivity index (χ4n) is 1.78. The van der Waals surface area contributed by atoms with E-state index in [-0.39, 0.29) is 29.6 Å². The zero-order valence-corrected chi connectivity index (χ0v) is 10.5. The van der Waals surface area contributed by atoms with Gasteiger partial charge in [-0.25, -0.2) is 0 Å². The van der Waals surface area contributed by atoms with Gasteiger partial charge in [-0.3, -0.25) is 0 Å². The fraction of sp³-hybridized carbons (Fsp3) is 0.600. The van der Waals surface area contributed by atoms with Crippen molar-refractivity contribution in [2.75, 3.05) is 0 Å². The van der Waals surface area contributed by atoms with Crippen molar-refractivity contribution in [2.24, 2.45) is 5.41 Å². The molecule has 0 heterocycles. The van der Waals surface area contributed by atoms with Gasteiger partial charge in [0.25, 0.3) is 0 Å². The van der Waals surface area contributed by atoms with Gasteiger partial charge in [0, 0.05) is 15.7 Å². The van der Waals surface area contributed by atoms with Crippen LogP contribution in [0.25, 0.3) is 0 Å². The summed E-state index contributed by atoms with van der Waals surface area (Å²) in [7, 11) is 1.21. The molecule has 0 atom stereocenters. The standard InChI is InChI=1S/C10H18Si.Na.H/c1-6-7(2)9(11)10(4,5)8(6)3;;/h1-5,11H3;;. The predicted molar refractivity (Wildman–Crippen MR) is 61.9 cm³/mol. The Morgan fingerprint density at radius 2 is 1.42 bits per heavy atom. The van der Waals surface area contributed by atoms with Crippen LogP contribution in [-0.4, -0.2) is 39.8 Å². The van der Waals surface area contributed by atoms with Crippen LogP contribution in [0.5, 0.6) is 0 Å². The third-order valence-electron chi connectivity index (χ3n) is 3.56. The molecule has 1 aliphatic rings. The summed E-state index contributed by atoms with van der Waals surface area (Å²) in [5.41, 5.74) is 5.03. The first-order valence-corrected chi connectivity index (χ1v) is 5.25. The van der Waals surface area contributed by atoms with E-state index < -0.39 is 0 Å². The molecule has 0 amide bonds. The normalized spacial score (nSPS) is 21.8. The molecule has 0 radical (unpaired) electrons. The summed E-state index contributed by atoms with van der Waals surface area (Å²) in [4.78, 5) is 0. The molecule has 0 aromatic carbocycles. The van der Waals surface area contributed by atoms with Gasteiger partial charge < -0.3 is 0 Å². The number of hydrogen-bond acceptors (Lipinski definition) is 0.